The van der Waals surface area contributed by atoms with E-state index in [1.54, 1.807) is 13.3 Å². The minimum absolute atomic E-state index is 0.431. The number of rotatable bonds is 6. The van der Waals surface area contributed by atoms with Gasteiger partial charge in [-0.2, -0.15) is 5.10 Å². The molecule has 1 aliphatic rings. The molecule has 16 heavy (non-hydrogen) atoms. The molecule has 1 N–H and O–H groups in total. The van der Waals surface area contributed by atoms with Gasteiger partial charge in [-0.05, 0) is 37.7 Å². The number of nitrogens with zero attached hydrogens (tertiary/aromatic N) is 2. The van der Waals surface area contributed by atoms with Crippen LogP contribution in [0.15, 0.2) is 12.3 Å². The van der Waals surface area contributed by atoms with E-state index in [9.17, 15) is 5.11 Å². The van der Waals surface area contributed by atoms with Crippen molar-refractivity contribution in [2.24, 2.45) is 13.0 Å². The summed E-state index contributed by atoms with van der Waals surface area (Å²) < 4.78 is 7.00. The van der Waals surface area contributed by atoms with E-state index in [-0.39, 0.29) is 0 Å². The Morgan fingerprint density at radius 2 is 2.38 bits per heavy atom. The van der Waals surface area contributed by atoms with E-state index in [0.717, 1.165) is 31.4 Å². The number of ether oxygens (including phenoxy) is 1. The van der Waals surface area contributed by atoms with E-state index >= 15 is 0 Å². The van der Waals surface area contributed by atoms with Crippen molar-refractivity contribution in [2.75, 3.05) is 13.7 Å². The van der Waals surface area contributed by atoms with Gasteiger partial charge in [-0.25, -0.2) is 0 Å². The first kappa shape index (κ1) is 11.6. The first-order valence-corrected chi connectivity index (χ1v) is 5.84. The van der Waals surface area contributed by atoms with E-state index in [4.69, 9.17) is 4.74 Å². The lowest BCUT2D eigenvalue weighted by molar-refractivity contribution is -0.0537. The topological polar surface area (TPSA) is 47.3 Å². The number of aromatic nitrogens is 2. The molecule has 1 saturated carbocycles. The lowest BCUT2D eigenvalue weighted by atomic mass is 9.92. The van der Waals surface area contributed by atoms with E-state index in [1.165, 1.54) is 0 Å². The largest absolute Gasteiger partial charge is 0.387 e. The molecule has 0 aromatic carbocycles. The zero-order chi connectivity index (χ0) is 11.6. The summed E-state index contributed by atoms with van der Waals surface area (Å²) in [6, 6.07) is 2.00. The first-order chi connectivity index (χ1) is 7.65. The van der Waals surface area contributed by atoms with Gasteiger partial charge < -0.3 is 9.84 Å². The standard InChI is InChI=1S/C12H20N2O2/c1-14-11(6-8-13-14)5-7-12(15,9-16-2)10-3-4-10/h6,8,10,15H,3-5,7,9H2,1-2H3. The molecule has 1 fully saturated rings. The maximum Gasteiger partial charge on any atom is 0.0911 e. The summed E-state index contributed by atoms with van der Waals surface area (Å²) in [6.45, 7) is 0.440. The van der Waals surface area contributed by atoms with Crippen LogP contribution in [0.4, 0.5) is 0 Å². The number of methoxy groups -OCH3 is 1. The second kappa shape index (κ2) is 4.55. The Balaban J connectivity index is 1.94. The molecule has 0 bridgehead atoms. The van der Waals surface area contributed by atoms with E-state index in [2.05, 4.69) is 5.10 Å². The second-order valence-electron chi connectivity index (χ2n) is 4.76. The third kappa shape index (κ3) is 2.44. The summed E-state index contributed by atoms with van der Waals surface area (Å²) in [5, 5.41) is 14.6. The summed E-state index contributed by atoms with van der Waals surface area (Å²) >= 11 is 0. The van der Waals surface area contributed by atoms with Crippen molar-refractivity contribution >= 4 is 0 Å². The van der Waals surface area contributed by atoms with Gasteiger partial charge in [-0.1, -0.05) is 0 Å². The summed E-state index contributed by atoms with van der Waals surface area (Å²) in [5.74, 6) is 0.431. The molecule has 0 aliphatic heterocycles. The maximum atomic E-state index is 10.5. The van der Waals surface area contributed by atoms with Crippen molar-refractivity contribution in [3.63, 3.8) is 0 Å². The highest BCUT2D eigenvalue weighted by Gasteiger charge is 2.43. The predicted molar refractivity (Wildman–Crippen MR) is 61.1 cm³/mol. The summed E-state index contributed by atoms with van der Waals surface area (Å²) in [5.41, 5.74) is 0.522. The van der Waals surface area contributed by atoms with Gasteiger partial charge in [-0.15, -0.1) is 0 Å². The van der Waals surface area contributed by atoms with E-state index in [1.807, 2.05) is 17.8 Å². The molecule has 1 unspecified atom stereocenters. The third-order valence-corrected chi connectivity index (χ3v) is 3.47. The van der Waals surface area contributed by atoms with Crippen LogP contribution >= 0.6 is 0 Å². The third-order valence-electron chi connectivity index (χ3n) is 3.47. The Hall–Kier alpha value is -0.870. The number of aryl methyl sites for hydroxylation is 2. The quantitative estimate of drug-likeness (QED) is 0.788. The zero-order valence-corrected chi connectivity index (χ0v) is 10.0. The fraction of sp³-hybridized carbons (Fsp3) is 0.750. The SMILES string of the molecule is COCC(O)(CCc1ccnn1C)C1CC1. The van der Waals surface area contributed by atoms with Crippen LogP contribution in [-0.2, 0) is 18.2 Å². The molecule has 0 radical (unpaired) electrons. The van der Waals surface area contributed by atoms with Crippen LogP contribution in [0, 0.1) is 5.92 Å². The molecule has 1 aliphatic carbocycles. The predicted octanol–water partition coefficient (Wildman–Crippen LogP) is 1.14. The van der Waals surface area contributed by atoms with E-state index < -0.39 is 5.60 Å². The van der Waals surface area contributed by atoms with Crippen molar-refractivity contribution in [1.29, 1.82) is 0 Å². The maximum absolute atomic E-state index is 10.5. The lowest BCUT2D eigenvalue weighted by Gasteiger charge is -2.27. The molecule has 4 heteroatoms. The summed E-state index contributed by atoms with van der Waals surface area (Å²) in [6.07, 6.45) is 5.66. The average molecular weight is 224 g/mol. The summed E-state index contributed by atoms with van der Waals surface area (Å²) in [7, 11) is 3.58. The molecular weight excluding hydrogens is 204 g/mol. The highest BCUT2D eigenvalue weighted by atomic mass is 16.5. The van der Waals surface area contributed by atoms with Crippen LogP contribution in [0.1, 0.15) is 25.0 Å². The van der Waals surface area contributed by atoms with Crippen LogP contribution in [-0.4, -0.2) is 34.2 Å². The Bertz CT molecular complexity index is 347. The Morgan fingerprint density at radius 1 is 1.62 bits per heavy atom. The van der Waals surface area contributed by atoms with Crippen molar-refractivity contribution in [1.82, 2.24) is 9.78 Å². The Kier molecular flexibility index (Phi) is 3.30. The zero-order valence-electron chi connectivity index (χ0n) is 10.0. The molecule has 1 aromatic rings. The number of hydrogen-bond donors (Lipinski definition) is 1. The Morgan fingerprint density at radius 3 is 2.88 bits per heavy atom. The van der Waals surface area contributed by atoms with Crippen molar-refractivity contribution in [2.45, 2.75) is 31.3 Å². The van der Waals surface area contributed by atoms with Gasteiger partial charge in [0.1, 0.15) is 0 Å². The Labute approximate surface area is 96.2 Å². The molecule has 1 heterocycles. The number of aliphatic hydroxyl groups is 1. The fourth-order valence-corrected chi connectivity index (χ4v) is 2.26. The molecule has 0 amide bonds. The molecule has 0 spiro atoms. The normalized spacial score (nSPS) is 19.7. The van der Waals surface area contributed by atoms with Gasteiger partial charge in [0.15, 0.2) is 0 Å². The second-order valence-corrected chi connectivity index (χ2v) is 4.76. The van der Waals surface area contributed by atoms with Gasteiger partial charge in [0.2, 0.25) is 0 Å². The van der Waals surface area contributed by atoms with Gasteiger partial charge in [0, 0.05) is 26.0 Å². The molecule has 1 aromatic heterocycles. The van der Waals surface area contributed by atoms with Gasteiger partial charge in [0.25, 0.3) is 0 Å². The fourth-order valence-electron chi connectivity index (χ4n) is 2.26. The molecule has 90 valence electrons. The van der Waals surface area contributed by atoms with Gasteiger partial charge in [-0.3, -0.25) is 4.68 Å². The minimum Gasteiger partial charge on any atom is -0.387 e. The molecular formula is C12H20N2O2. The molecule has 1 atom stereocenters. The molecule has 0 saturated heterocycles. The van der Waals surface area contributed by atoms with Crippen LogP contribution in [0.2, 0.25) is 0 Å². The molecule has 2 rings (SSSR count). The lowest BCUT2D eigenvalue weighted by Crippen LogP contribution is -2.37. The first-order valence-electron chi connectivity index (χ1n) is 5.84. The smallest absolute Gasteiger partial charge is 0.0911 e. The highest BCUT2D eigenvalue weighted by Crippen LogP contribution is 2.42. The van der Waals surface area contributed by atoms with Crippen LogP contribution in [0.25, 0.3) is 0 Å². The van der Waals surface area contributed by atoms with Crippen molar-refractivity contribution in [3.05, 3.63) is 18.0 Å². The van der Waals surface area contributed by atoms with Gasteiger partial charge >= 0.3 is 0 Å². The van der Waals surface area contributed by atoms with E-state index in [0.29, 0.717) is 12.5 Å². The van der Waals surface area contributed by atoms with Crippen molar-refractivity contribution in [3.8, 4) is 0 Å². The van der Waals surface area contributed by atoms with Crippen LogP contribution in [0.3, 0.4) is 0 Å². The van der Waals surface area contributed by atoms with Crippen LogP contribution < -0.4 is 0 Å². The summed E-state index contributed by atoms with van der Waals surface area (Å²) in [4.78, 5) is 0. The number of hydrogen-bond acceptors (Lipinski definition) is 3. The van der Waals surface area contributed by atoms with Crippen LogP contribution in [0.5, 0.6) is 0 Å². The minimum atomic E-state index is -0.640. The monoisotopic (exact) mass is 224 g/mol. The van der Waals surface area contributed by atoms with Gasteiger partial charge in [0.05, 0.1) is 12.2 Å². The van der Waals surface area contributed by atoms with Crippen molar-refractivity contribution < 1.29 is 9.84 Å². The molecule has 4 nitrogen and oxygen atoms in total. The highest BCUT2D eigenvalue weighted by molar-refractivity contribution is 5.03. The average Bonchev–Trinajstić information content (AvgIpc) is 3.02.